The monoisotopic (exact) mass is 335 g/mol. The van der Waals surface area contributed by atoms with E-state index in [9.17, 15) is 9.59 Å². The zero-order chi connectivity index (χ0) is 18.3. The number of nitrogens with zero attached hydrogens (tertiary/aromatic N) is 2. The molecule has 0 aromatic carbocycles. The van der Waals surface area contributed by atoms with Crippen LogP contribution in [0.1, 0.15) is 59.8 Å². The van der Waals surface area contributed by atoms with E-state index in [-0.39, 0.29) is 11.8 Å². The van der Waals surface area contributed by atoms with Gasteiger partial charge in [0.1, 0.15) is 0 Å². The largest absolute Gasteiger partial charge is 0.362 e. The minimum Gasteiger partial charge on any atom is -0.362 e. The molecule has 1 aliphatic heterocycles. The number of rotatable bonds is 8. The zero-order valence-electron chi connectivity index (χ0n) is 16.2. The third-order valence-corrected chi connectivity index (χ3v) is 4.54. The molecule has 0 radical (unpaired) electrons. The normalized spacial score (nSPS) is 14.6. The van der Waals surface area contributed by atoms with Gasteiger partial charge in [-0.15, -0.1) is 0 Å². The van der Waals surface area contributed by atoms with Crippen LogP contribution in [0.15, 0.2) is 22.5 Å². The number of likely N-dealkylation sites (N-methyl/N-ethyl adjacent to an activating group) is 2. The molecule has 1 rings (SSSR count). The van der Waals surface area contributed by atoms with Gasteiger partial charge < -0.3 is 15.1 Å². The molecule has 0 spiro atoms. The van der Waals surface area contributed by atoms with E-state index in [1.807, 2.05) is 27.9 Å². The fourth-order valence-corrected chi connectivity index (χ4v) is 2.80. The van der Waals surface area contributed by atoms with Crippen molar-refractivity contribution >= 4 is 11.8 Å². The van der Waals surface area contributed by atoms with Crippen LogP contribution in [0, 0.1) is 0 Å². The van der Waals surface area contributed by atoms with Crippen molar-refractivity contribution in [2.75, 3.05) is 27.2 Å². The topological polar surface area (TPSA) is 52.7 Å². The maximum Gasteiger partial charge on any atom is 0.251 e. The SMILES string of the molecule is CCCCN(C)C(=O)C1=C(C)NC(C)=C(C(=O)N(C)CCCC)C1. The van der Waals surface area contributed by atoms with Crippen LogP contribution in [-0.2, 0) is 9.59 Å². The molecule has 2 amide bonds. The van der Waals surface area contributed by atoms with Crippen LogP contribution in [-0.4, -0.2) is 48.8 Å². The molecular weight excluding hydrogens is 302 g/mol. The van der Waals surface area contributed by atoms with Crippen molar-refractivity contribution in [2.24, 2.45) is 0 Å². The second-order valence-corrected chi connectivity index (χ2v) is 6.67. The van der Waals surface area contributed by atoms with Gasteiger partial charge in [0.2, 0.25) is 0 Å². The first-order chi connectivity index (χ1) is 11.3. The molecule has 0 aliphatic carbocycles. The van der Waals surface area contributed by atoms with Gasteiger partial charge in [-0.1, -0.05) is 26.7 Å². The van der Waals surface area contributed by atoms with E-state index < -0.39 is 0 Å². The fraction of sp³-hybridized carbons (Fsp3) is 0.684. The average Bonchev–Trinajstić information content (AvgIpc) is 2.56. The van der Waals surface area contributed by atoms with Crippen molar-refractivity contribution in [1.82, 2.24) is 15.1 Å². The molecule has 0 atom stereocenters. The van der Waals surface area contributed by atoms with E-state index in [1.54, 1.807) is 9.80 Å². The summed E-state index contributed by atoms with van der Waals surface area (Å²) >= 11 is 0. The van der Waals surface area contributed by atoms with Crippen LogP contribution >= 0.6 is 0 Å². The second-order valence-electron chi connectivity index (χ2n) is 6.67. The lowest BCUT2D eigenvalue weighted by Gasteiger charge is -2.28. The van der Waals surface area contributed by atoms with E-state index in [4.69, 9.17) is 0 Å². The average molecular weight is 335 g/mol. The molecule has 5 heteroatoms. The molecule has 0 saturated carbocycles. The predicted molar refractivity (Wildman–Crippen MR) is 98.2 cm³/mol. The second kappa shape index (κ2) is 9.50. The number of carbonyl (C=O) groups is 2. The molecule has 0 aromatic rings. The number of hydrogen-bond acceptors (Lipinski definition) is 3. The Labute approximate surface area is 146 Å². The Balaban J connectivity index is 2.87. The van der Waals surface area contributed by atoms with Gasteiger partial charge in [0, 0.05) is 56.1 Å². The predicted octanol–water partition coefficient (Wildman–Crippen LogP) is 3.04. The molecule has 0 unspecified atom stereocenters. The maximum absolute atomic E-state index is 12.7. The first-order valence-electron chi connectivity index (χ1n) is 9.00. The zero-order valence-corrected chi connectivity index (χ0v) is 16.2. The van der Waals surface area contributed by atoms with Gasteiger partial charge >= 0.3 is 0 Å². The maximum atomic E-state index is 12.7. The molecule has 0 saturated heterocycles. The molecule has 1 N–H and O–H groups in total. The van der Waals surface area contributed by atoms with E-state index >= 15 is 0 Å². The molecule has 1 aliphatic rings. The highest BCUT2D eigenvalue weighted by Crippen LogP contribution is 2.25. The molecule has 24 heavy (non-hydrogen) atoms. The van der Waals surface area contributed by atoms with Gasteiger partial charge in [-0.05, 0) is 26.7 Å². The standard InChI is InChI=1S/C19H33N3O2/c1-7-9-11-21(5)18(23)16-13-17(15(4)20-14(16)3)19(24)22(6)12-10-8-2/h20H,7-13H2,1-6H3. The first kappa shape index (κ1) is 20.3. The molecule has 136 valence electrons. The Bertz CT molecular complexity index is 489. The summed E-state index contributed by atoms with van der Waals surface area (Å²) in [5.74, 6) is 0.0323. The van der Waals surface area contributed by atoms with Crippen molar-refractivity contribution < 1.29 is 9.59 Å². The summed E-state index contributed by atoms with van der Waals surface area (Å²) in [4.78, 5) is 28.9. The van der Waals surface area contributed by atoms with Gasteiger partial charge in [0.05, 0.1) is 0 Å². The Morgan fingerprint density at radius 3 is 1.58 bits per heavy atom. The lowest BCUT2D eigenvalue weighted by atomic mass is 9.96. The van der Waals surface area contributed by atoms with Crippen LogP contribution in [0.4, 0.5) is 0 Å². The molecular formula is C19H33N3O2. The molecule has 5 nitrogen and oxygen atoms in total. The highest BCUT2D eigenvalue weighted by molar-refractivity contribution is 6.00. The minimum atomic E-state index is 0.0162. The van der Waals surface area contributed by atoms with Crippen LogP contribution < -0.4 is 5.32 Å². The highest BCUT2D eigenvalue weighted by Gasteiger charge is 2.27. The Morgan fingerprint density at radius 2 is 1.25 bits per heavy atom. The molecule has 0 aromatic heterocycles. The number of nitrogens with one attached hydrogen (secondary N) is 1. The van der Waals surface area contributed by atoms with E-state index in [0.717, 1.165) is 50.2 Å². The number of carbonyl (C=O) groups excluding carboxylic acids is 2. The number of unbranched alkanes of at least 4 members (excludes halogenated alkanes) is 2. The number of hydrogen-bond donors (Lipinski definition) is 1. The van der Waals surface area contributed by atoms with Crippen LogP contribution in [0.3, 0.4) is 0 Å². The highest BCUT2D eigenvalue weighted by atomic mass is 16.2. The lowest BCUT2D eigenvalue weighted by Crippen LogP contribution is -2.36. The van der Waals surface area contributed by atoms with Crippen LogP contribution in [0.5, 0.6) is 0 Å². The summed E-state index contributed by atoms with van der Waals surface area (Å²) in [6.45, 7) is 9.53. The molecule has 1 heterocycles. The minimum absolute atomic E-state index is 0.0162. The smallest absolute Gasteiger partial charge is 0.251 e. The Hall–Kier alpha value is -1.78. The quantitative estimate of drug-likeness (QED) is 0.742. The van der Waals surface area contributed by atoms with Crippen molar-refractivity contribution in [1.29, 1.82) is 0 Å². The Morgan fingerprint density at radius 1 is 0.875 bits per heavy atom. The third kappa shape index (κ3) is 5.11. The Kier molecular flexibility index (Phi) is 8.02. The van der Waals surface area contributed by atoms with Crippen molar-refractivity contribution in [3.05, 3.63) is 22.5 Å². The van der Waals surface area contributed by atoms with Gasteiger partial charge in [-0.2, -0.15) is 0 Å². The van der Waals surface area contributed by atoms with Crippen LogP contribution in [0.2, 0.25) is 0 Å². The van der Waals surface area contributed by atoms with Gasteiger partial charge in [-0.25, -0.2) is 0 Å². The summed E-state index contributed by atoms with van der Waals surface area (Å²) in [5.41, 5.74) is 3.11. The molecule has 0 bridgehead atoms. The van der Waals surface area contributed by atoms with Crippen molar-refractivity contribution in [2.45, 2.75) is 59.8 Å². The first-order valence-corrected chi connectivity index (χ1v) is 9.00. The molecule has 0 fully saturated rings. The lowest BCUT2D eigenvalue weighted by molar-refractivity contribution is -0.126. The van der Waals surface area contributed by atoms with Crippen molar-refractivity contribution in [3.63, 3.8) is 0 Å². The number of allylic oxidation sites excluding steroid dienone is 2. The number of dihydropyridines is 1. The van der Waals surface area contributed by atoms with Gasteiger partial charge in [-0.3, -0.25) is 9.59 Å². The van der Waals surface area contributed by atoms with E-state index in [1.165, 1.54) is 0 Å². The van der Waals surface area contributed by atoms with Crippen molar-refractivity contribution in [3.8, 4) is 0 Å². The number of amides is 2. The van der Waals surface area contributed by atoms with Gasteiger partial charge in [0.25, 0.3) is 11.8 Å². The van der Waals surface area contributed by atoms with E-state index in [0.29, 0.717) is 17.6 Å². The fourth-order valence-electron chi connectivity index (χ4n) is 2.80. The summed E-state index contributed by atoms with van der Waals surface area (Å²) in [6, 6.07) is 0. The van der Waals surface area contributed by atoms with Gasteiger partial charge in [0.15, 0.2) is 0 Å². The third-order valence-electron chi connectivity index (χ3n) is 4.54. The summed E-state index contributed by atoms with van der Waals surface area (Å²) in [5, 5.41) is 3.23. The summed E-state index contributed by atoms with van der Waals surface area (Å²) in [7, 11) is 3.66. The van der Waals surface area contributed by atoms with Crippen LogP contribution in [0.25, 0.3) is 0 Å². The van der Waals surface area contributed by atoms with E-state index in [2.05, 4.69) is 19.2 Å². The summed E-state index contributed by atoms with van der Waals surface area (Å²) < 4.78 is 0. The summed E-state index contributed by atoms with van der Waals surface area (Å²) in [6.07, 6.45) is 4.50.